The first-order valence-corrected chi connectivity index (χ1v) is 7.20. The lowest BCUT2D eigenvalue weighted by Crippen LogP contribution is -2.07. The molecule has 0 atom stereocenters. The van der Waals surface area contributed by atoms with Crippen LogP contribution in [-0.4, -0.2) is 12.0 Å². The molecule has 1 aromatic heterocycles. The Morgan fingerprint density at radius 2 is 2.05 bits per heavy atom. The summed E-state index contributed by atoms with van der Waals surface area (Å²) in [5, 5.41) is 3.11. The maximum atomic E-state index is 13.8. The van der Waals surface area contributed by atoms with Gasteiger partial charge in [0.15, 0.2) is 11.6 Å². The van der Waals surface area contributed by atoms with E-state index in [9.17, 15) is 4.39 Å². The number of aromatic nitrogens is 1. The van der Waals surface area contributed by atoms with Gasteiger partial charge in [-0.1, -0.05) is 19.4 Å². The van der Waals surface area contributed by atoms with Gasteiger partial charge in [-0.3, -0.25) is 0 Å². The van der Waals surface area contributed by atoms with Gasteiger partial charge in [-0.2, -0.15) is 0 Å². The molecule has 1 heterocycles. The highest BCUT2D eigenvalue weighted by molar-refractivity contribution is 5.34. The Bertz CT molecular complexity index is 589. The smallest absolute Gasteiger partial charge is 0.219 e. The molecule has 21 heavy (non-hydrogen) atoms. The molecule has 0 saturated carbocycles. The first-order chi connectivity index (χ1) is 10.1. The third-order valence-corrected chi connectivity index (χ3v) is 3.10. The summed E-state index contributed by atoms with van der Waals surface area (Å²) < 4.78 is 19.4. The van der Waals surface area contributed by atoms with Crippen LogP contribution in [0.15, 0.2) is 30.3 Å². The van der Waals surface area contributed by atoms with Gasteiger partial charge in [-0.15, -0.1) is 0 Å². The highest BCUT2D eigenvalue weighted by Gasteiger charge is 2.08. The van der Waals surface area contributed by atoms with Gasteiger partial charge in [0.2, 0.25) is 5.88 Å². The SMILES string of the molecule is CCCc1cc(CNC)cc(Oc2cc(C)ccc2F)n1. The fraction of sp³-hybridized carbons (Fsp3) is 0.353. The van der Waals surface area contributed by atoms with Gasteiger partial charge in [0, 0.05) is 18.3 Å². The number of ether oxygens (including phenoxy) is 1. The van der Waals surface area contributed by atoms with Crippen LogP contribution in [0.2, 0.25) is 0 Å². The molecule has 1 aromatic carbocycles. The summed E-state index contributed by atoms with van der Waals surface area (Å²) >= 11 is 0. The van der Waals surface area contributed by atoms with Gasteiger partial charge in [0.05, 0.1) is 0 Å². The van der Waals surface area contributed by atoms with E-state index in [4.69, 9.17) is 4.74 Å². The minimum Gasteiger partial charge on any atom is -0.436 e. The molecule has 3 nitrogen and oxygen atoms in total. The lowest BCUT2D eigenvalue weighted by atomic mass is 10.1. The Labute approximate surface area is 125 Å². The normalized spacial score (nSPS) is 10.7. The summed E-state index contributed by atoms with van der Waals surface area (Å²) in [5.74, 6) is 0.278. The average molecular weight is 288 g/mol. The van der Waals surface area contributed by atoms with Crippen molar-refractivity contribution >= 4 is 0 Å². The zero-order chi connectivity index (χ0) is 15.2. The quantitative estimate of drug-likeness (QED) is 0.872. The zero-order valence-corrected chi connectivity index (χ0v) is 12.7. The molecule has 2 rings (SSSR count). The summed E-state index contributed by atoms with van der Waals surface area (Å²) in [5.41, 5.74) is 3.00. The van der Waals surface area contributed by atoms with Crippen molar-refractivity contribution in [1.82, 2.24) is 10.3 Å². The van der Waals surface area contributed by atoms with E-state index in [1.165, 1.54) is 6.07 Å². The predicted octanol–water partition coefficient (Wildman–Crippen LogP) is 3.99. The van der Waals surface area contributed by atoms with E-state index in [0.29, 0.717) is 5.88 Å². The average Bonchev–Trinajstić information content (AvgIpc) is 2.43. The van der Waals surface area contributed by atoms with Crippen LogP contribution in [0, 0.1) is 12.7 Å². The van der Waals surface area contributed by atoms with Crippen molar-refractivity contribution < 1.29 is 9.13 Å². The molecule has 0 radical (unpaired) electrons. The number of aryl methyl sites for hydroxylation is 2. The number of hydrogen-bond donors (Lipinski definition) is 1. The van der Waals surface area contributed by atoms with Crippen LogP contribution in [0.4, 0.5) is 4.39 Å². The summed E-state index contributed by atoms with van der Waals surface area (Å²) in [4.78, 5) is 4.45. The van der Waals surface area contributed by atoms with Gasteiger partial charge < -0.3 is 10.1 Å². The molecule has 2 aromatic rings. The summed E-state index contributed by atoms with van der Waals surface area (Å²) in [6, 6.07) is 8.71. The van der Waals surface area contributed by atoms with Crippen molar-refractivity contribution in [2.45, 2.75) is 33.2 Å². The van der Waals surface area contributed by atoms with Crippen LogP contribution >= 0.6 is 0 Å². The largest absolute Gasteiger partial charge is 0.436 e. The molecule has 0 aliphatic carbocycles. The Morgan fingerprint density at radius 3 is 2.76 bits per heavy atom. The Balaban J connectivity index is 2.31. The molecule has 4 heteroatoms. The van der Waals surface area contributed by atoms with Gasteiger partial charge >= 0.3 is 0 Å². The number of nitrogens with zero attached hydrogens (tertiary/aromatic N) is 1. The monoisotopic (exact) mass is 288 g/mol. The Kier molecular flexibility index (Phi) is 5.28. The van der Waals surface area contributed by atoms with Crippen LogP contribution in [-0.2, 0) is 13.0 Å². The van der Waals surface area contributed by atoms with E-state index in [0.717, 1.165) is 36.2 Å². The van der Waals surface area contributed by atoms with Gasteiger partial charge in [0.25, 0.3) is 0 Å². The van der Waals surface area contributed by atoms with Gasteiger partial charge in [-0.25, -0.2) is 9.37 Å². The topological polar surface area (TPSA) is 34.1 Å². The molecular formula is C17H21FN2O. The number of halogens is 1. The number of rotatable bonds is 6. The minimum absolute atomic E-state index is 0.214. The standard InChI is InChI=1S/C17H21FN2O/c1-4-5-14-9-13(11-19-3)10-17(20-14)21-16-8-12(2)6-7-15(16)18/h6-10,19H,4-5,11H2,1-3H3. The molecule has 0 bridgehead atoms. The molecular weight excluding hydrogens is 267 g/mol. The molecule has 0 amide bonds. The van der Waals surface area contributed by atoms with Gasteiger partial charge in [0.1, 0.15) is 0 Å². The maximum absolute atomic E-state index is 13.8. The second kappa shape index (κ2) is 7.18. The van der Waals surface area contributed by atoms with Crippen LogP contribution < -0.4 is 10.1 Å². The number of pyridine rings is 1. The van der Waals surface area contributed by atoms with Crippen molar-refractivity contribution in [1.29, 1.82) is 0 Å². The van der Waals surface area contributed by atoms with Crippen LogP contribution in [0.3, 0.4) is 0 Å². The maximum Gasteiger partial charge on any atom is 0.219 e. The van der Waals surface area contributed by atoms with Crippen molar-refractivity contribution in [3.63, 3.8) is 0 Å². The minimum atomic E-state index is -0.376. The summed E-state index contributed by atoms with van der Waals surface area (Å²) in [7, 11) is 1.89. The van der Waals surface area contributed by atoms with Crippen molar-refractivity contribution in [2.75, 3.05) is 7.05 Å². The van der Waals surface area contributed by atoms with Crippen LogP contribution in [0.5, 0.6) is 11.6 Å². The molecule has 0 unspecified atom stereocenters. The second-order valence-corrected chi connectivity index (χ2v) is 5.12. The third kappa shape index (κ3) is 4.26. The molecule has 0 aliphatic rings. The van der Waals surface area contributed by atoms with E-state index in [1.807, 2.05) is 20.0 Å². The summed E-state index contributed by atoms with van der Waals surface area (Å²) in [6.07, 6.45) is 1.89. The third-order valence-electron chi connectivity index (χ3n) is 3.10. The summed E-state index contributed by atoms with van der Waals surface area (Å²) in [6.45, 7) is 4.73. The highest BCUT2D eigenvalue weighted by atomic mass is 19.1. The molecule has 1 N–H and O–H groups in total. The molecule has 0 spiro atoms. The number of benzene rings is 1. The Hall–Kier alpha value is -1.94. The van der Waals surface area contributed by atoms with E-state index in [2.05, 4.69) is 23.3 Å². The van der Waals surface area contributed by atoms with E-state index < -0.39 is 0 Å². The number of hydrogen-bond acceptors (Lipinski definition) is 3. The molecule has 0 aliphatic heterocycles. The first-order valence-electron chi connectivity index (χ1n) is 7.20. The van der Waals surface area contributed by atoms with E-state index in [-0.39, 0.29) is 11.6 Å². The lowest BCUT2D eigenvalue weighted by molar-refractivity contribution is 0.424. The fourth-order valence-electron chi connectivity index (χ4n) is 2.16. The lowest BCUT2D eigenvalue weighted by Gasteiger charge is -2.10. The van der Waals surface area contributed by atoms with Crippen molar-refractivity contribution in [3.8, 4) is 11.6 Å². The van der Waals surface area contributed by atoms with Crippen molar-refractivity contribution in [3.05, 3.63) is 53.0 Å². The first kappa shape index (κ1) is 15.4. The molecule has 0 saturated heterocycles. The molecule has 0 fully saturated rings. The number of nitrogens with one attached hydrogen (secondary N) is 1. The fourth-order valence-corrected chi connectivity index (χ4v) is 2.16. The van der Waals surface area contributed by atoms with Crippen LogP contribution in [0.25, 0.3) is 0 Å². The van der Waals surface area contributed by atoms with Gasteiger partial charge in [-0.05, 0) is 49.7 Å². The molecule has 112 valence electrons. The zero-order valence-electron chi connectivity index (χ0n) is 12.7. The highest BCUT2D eigenvalue weighted by Crippen LogP contribution is 2.25. The second-order valence-electron chi connectivity index (χ2n) is 5.12. The van der Waals surface area contributed by atoms with E-state index in [1.54, 1.807) is 12.1 Å². The van der Waals surface area contributed by atoms with E-state index >= 15 is 0 Å². The predicted molar refractivity (Wildman–Crippen MR) is 82.2 cm³/mol. The van der Waals surface area contributed by atoms with Crippen molar-refractivity contribution in [2.24, 2.45) is 0 Å². The Morgan fingerprint density at radius 1 is 1.24 bits per heavy atom. The van der Waals surface area contributed by atoms with Crippen LogP contribution in [0.1, 0.15) is 30.2 Å².